The van der Waals surface area contributed by atoms with Crippen LogP contribution in [0.5, 0.6) is 0 Å². The molecule has 0 aromatic heterocycles. The molecule has 0 aromatic carbocycles. The van der Waals surface area contributed by atoms with Crippen molar-refractivity contribution in [2.75, 3.05) is 0 Å². The molecule has 94 valence electrons. The first-order valence-corrected chi connectivity index (χ1v) is 5.45. The smallest absolute Gasteiger partial charge is 0.229 e. The average Bonchev–Trinajstić information content (AvgIpc) is 2.48. The minimum Gasteiger partial charge on any atom is -0.290 e. The third kappa shape index (κ3) is 2.77. The lowest BCUT2D eigenvalue weighted by atomic mass is 9.93. The van der Waals surface area contributed by atoms with Gasteiger partial charge in [0.1, 0.15) is 0 Å². The first-order valence-electron chi connectivity index (χ1n) is 5.45. The molecule has 0 bridgehead atoms. The second-order valence-electron chi connectivity index (χ2n) is 4.04. The molecule has 0 aromatic rings. The van der Waals surface area contributed by atoms with Crippen molar-refractivity contribution < 1.29 is 24.0 Å². The molecule has 0 N–H and O–H groups in total. The summed E-state index contributed by atoms with van der Waals surface area (Å²) in [5.41, 5.74) is 0.0114. The molecule has 0 fully saturated rings. The van der Waals surface area contributed by atoms with Gasteiger partial charge in [0.15, 0.2) is 17.3 Å². The largest absolute Gasteiger partial charge is 0.290 e. The van der Waals surface area contributed by atoms with Gasteiger partial charge in [0.2, 0.25) is 11.6 Å². The number of rotatable bonds is 2. The Hall–Kier alpha value is -2.69. The number of ketones is 5. The van der Waals surface area contributed by atoms with Crippen LogP contribution >= 0.6 is 0 Å². The number of carbonyl (C=O) groups excluding carboxylic acids is 5. The van der Waals surface area contributed by atoms with E-state index in [1.165, 1.54) is 0 Å². The summed E-state index contributed by atoms with van der Waals surface area (Å²) < 4.78 is 0. The Bertz CT molecular complexity index is 641. The number of hydrogen-bond donors (Lipinski definition) is 0. The average molecular weight is 256 g/mol. The Morgan fingerprint density at radius 1 is 0.632 bits per heavy atom. The van der Waals surface area contributed by atoms with E-state index < -0.39 is 23.1 Å². The summed E-state index contributed by atoms with van der Waals surface area (Å²) in [6.07, 6.45) is 6.03. The number of allylic oxidation sites excluding steroid dienone is 8. The number of carbonyl (C=O) groups is 5. The lowest BCUT2D eigenvalue weighted by molar-refractivity contribution is -0.131. The van der Waals surface area contributed by atoms with Crippen molar-refractivity contribution in [3.05, 3.63) is 47.6 Å². The standard InChI is InChI=1S/C14H8O5/c15-10-1-3-12(17)8(6-10)5-9-7-11(16)2-4-13(18)14(9)19/h1-4,6-7H,5H2. The van der Waals surface area contributed by atoms with Crippen molar-refractivity contribution in [3.8, 4) is 0 Å². The van der Waals surface area contributed by atoms with Gasteiger partial charge in [0.05, 0.1) is 0 Å². The lowest BCUT2D eigenvalue weighted by Crippen LogP contribution is -2.16. The Morgan fingerprint density at radius 2 is 1.16 bits per heavy atom. The van der Waals surface area contributed by atoms with Crippen molar-refractivity contribution in [3.63, 3.8) is 0 Å². The van der Waals surface area contributed by atoms with Gasteiger partial charge in [-0.2, -0.15) is 0 Å². The van der Waals surface area contributed by atoms with Crippen LogP contribution in [0.25, 0.3) is 0 Å². The molecule has 0 atom stereocenters. The second kappa shape index (κ2) is 4.89. The fourth-order valence-corrected chi connectivity index (χ4v) is 1.71. The molecule has 0 radical (unpaired) electrons. The maximum atomic E-state index is 11.7. The van der Waals surface area contributed by atoms with Crippen molar-refractivity contribution in [2.45, 2.75) is 6.42 Å². The zero-order chi connectivity index (χ0) is 14.0. The first-order chi connectivity index (χ1) is 8.97. The highest BCUT2D eigenvalue weighted by Gasteiger charge is 2.24. The highest BCUT2D eigenvalue weighted by molar-refractivity contribution is 6.49. The van der Waals surface area contributed by atoms with Crippen molar-refractivity contribution in [2.24, 2.45) is 0 Å². The van der Waals surface area contributed by atoms with Crippen LogP contribution in [-0.4, -0.2) is 28.9 Å². The van der Waals surface area contributed by atoms with E-state index in [0.29, 0.717) is 0 Å². The van der Waals surface area contributed by atoms with Gasteiger partial charge in [-0.1, -0.05) is 0 Å². The predicted octanol–water partition coefficient (Wildman–Crippen LogP) is 0.214. The van der Waals surface area contributed by atoms with E-state index in [2.05, 4.69) is 0 Å². The Labute approximate surface area is 108 Å². The Balaban J connectivity index is 2.30. The fourth-order valence-electron chi connectivity index (χ4n) is 1.71. The molecule has 5 heteroatoms. The highest BCUT2D eigenvalue weighted by atomic mass is 16.2. The SMILES string of the molecule is O=C1C=CC(=O)C(CC2=CC(=O)C=CC(=O)C2=O)=C1. The van der Waals surface area contributed by atoms with Crippen LogP contribution in [-0.2, 0) is 24.0 Å². The van der Waals surface area contributed by atoms with E-state index in [1.807, 2.05) is 0 Å². The zero-order valence-corrected chi connectivity index (χ0v) is 9.71. The molecule has 0 aliphatic heterocycles. The van der Waals surface area contributed by atoms with Crippen LogP contribution in [0.3, 0.4) is 0 Å². The fraction of sp³-hybridized carbons (Fsp3) is 0.0714. The van der Waals surface area contributed by atoms with Crippen LogP contribution in [0.15, 0.2) is 47.6 Å². The van der Waals surface area contributed by atoms with E-state index in [-0.39, 0.29) is 23.4 Å². The number of hydrogen-bond acceptors (Lipinski definition) is 5. The predicted molar refractivity (Wildman–Crippen MR) is 64.1 cm³/mol. The monoisotopic (exact) mass is 256 g/mol. The van der Waals surface area contributed by atoms with Gasteiger partial charge < -0.3 is 0 Å². The Morgan fingerprint density at radius 3 is 1.79 bits per heavy atom. The molecule has 0 saturated carbocycles. The molecular formula is C14H8O5. The van der Waals surface area contributed by atoms with Crippen molar-refractivity contribution >= 4 is 28.9 Å². The van der Waals surface area contributed by atoms with Crippen LogP contribution < -0.4 is 0 Å². The molecule has 2 rings (SSSR count). The first kappa shape index (κ1) is 12.8. The lowest BCUT2D eigenvalue weighted by Gasteiger charge is -2.07. The zero-order valence-electron chi connectivity index (χ0n) is 9.71. The van der Waals surface area contributed by atoms with E-state index >= 15 is 0 Å². The van der Waals surface area contributed by atoms with E-state index in [4.69, 9.17) is 0 Å². The van der Waals surface area contributed by atoms with Crippen molar-refractivity contribution in [1.29, 1.82) is 0 Å². The van der Waals surface area contributed by atoms with Gasteiger partial charge in [0.25, 0.3) is 0 Å². The minimum absolute atomic E-state index is 0.0808. The molecule has 0 heterocycles. The summed E-state index contributed by atoms with van der Waals surface area (Å²) in [6, 6.07) is 0. The summed E-state index contributed by atoms with van der Waals surface area (Å²) in [7, 11) is 0. The molecule has 5 nitrogen and oxygen atoms in total. The minimum atomic E-state index is -0.835. The van der Waals surface area contributed by atoms with Gasteiger partial charge in [0, 0.05) is 17.6 Å². The normalized spacial score (nSPS) is 19.5. The van der Waals surface area contributed by atoms with Crippen LogP contribution in [0.1, 0.15) is 6.42 Å². The molecule has 2 aliphatic rings. The summed E-state index contributed by atoms with van der Waals surface area (Å²) in [4.78, 5) is 57.1. The van der Waals surface area contributed by atoms with Gasteiger partial charge in [-0.15, -0.1) is 0 Å². The topological polar surface area (TPSA) is 85.3 Å². The van der Waals surface area contributed by atoms with Gasteiger partial charge in [-0.3, -0.25) is 24.0 Å². The second-order valence-corrected chi connectivity index (χ2v) is 4.04. The van der Waals surface area contributed by atoms with Crippen molar-refractivity contribution in [1.82, 2.24) is 0 Å². The summed E-state index contributed by atoms with van der Waals surface area (Å²) >= 11 is 0. The Kier molecular flexibility index (Phi) is 3.29. The van der Waals surface area contributed by atoms with E-state index in [1.54, 1.807) is 0 Å². The molecule has 0 spiro atoms. The third-order valence-corrected chi connectivity index (χ3v) is 2.64. The maximum absolute atomic E-state index is 11.7. The molecule has 0 amide bonds. The van der Waals surface area contributed by atoms with Crippen LogP contribution in [0, 0.1) is 0 Å². The summed E-state index contributed by atoms with van der Waals surface area (Å²) in [6.45, 7) is 0. The van der Waals surface area contributed by atoms with Gasteiger partial charge in [-0.25, -0.2) is 0 Å². The van der Waals surface area contributed by atoms with Crippen LogP contribution in [0.2, 0.25) is 0 Å². The van der Waals surface area contributed by atoms with Crippen LogP contribution in [0.4, 0.5) is 0 Å². The third-order valence-electron chi connectivity index (χ3n) is 2.64. The van der Waals surface area contributed by atoms with E-state index in [9.17, 15) is 24.0 Å². The van der Waals surface area contributed by atoms with E-state index in [0.717, 1.165) is 36.5 Å². The molecule has 0 unspecified atom stereocenters. The maximum Gasteiger partial charge on any atom is 0.229 e. The molecule has 2 aliphatic carbocycles. The molecule has 19 heavy (non-hydrogen) atoms. The summed E-state index contributed by atoms with van der Waals surface area (Å²) in [5, 5.41) is 0. The van der Waals surface area contributed by atoms with Gasteiger partial charge in [-0.05, 0) is 36.5 Å². The molecule has 0 saturated heterocycles. The quantitative estimate of drug-likeness (QED) is 0.521. The number of Topliss-reactive ketones (excluding diaryl/α,β-unsaturated/α-hetero) is 1. The molecular weight excluding hydrogens is 248 g/mol. The van der Waals surface area contributed by atoms with Gasteiger partial charge >= 0.3 is 0 Å². The summed E-state index contributed by atoms with van der Waals surface area (Å²) in [5.74, 6) is -2.93. The highest BCUT2D eigenvalue weighted by Crippen LogP contribution is 2.18.